The number of hydrogen-bond donors (Lipinski definition) is 1. The van der Waals surface area contributed by atoms with E-state index in [1.165, 1.54) is 10.4 Å². The summed E-state index contributed by atoms with van der Waals surface area (Å²) in [4.78, 5) is 4.18. The molecule has 19 heavy (non-hydrogen) atoms. The monoisotopic (exact) mass is 290 g/mol. The largest absolute Gasteiger partial charge is 0.389 e. The van der Waals surface area contributed by atoms with E-state index in [-0.39, 0.29) is 0 Å². The summed E-state index contributed by atoms with van der Waals surface area (Å²) in [5, 5.41) is 2.12. The van der Waals surface area contributed by atoms with Crippen LogP contribution < -0.4 is 5.73 Å². The molecule has 2 rings (SSSR count). The molecule has 2 aromatic rings. The summed E-state index contributed by atoms with van der Waals surface area (Å²) < 4.78 is 0. The zero-order valence-corrected chi connectivity index (χ0v) is 12.8. The summed E-state index contributed by atoms with van der Waals surface area (Å²) in [6.07, 6.45) is 0. The van der Waals surface area contributed by atoms with Gasteiger partial charge in [-0.05, 0) is 31.0 Å². The van der Waals surface area contributed by atoms with Crippen molar-refractivity contribution in [1.82, 2.24) is 4.90 Å². The van der Waals surface area contributed by atoms with Crippen molar-refractivity contribution in [3.05, 3.63) is 57.8 Å². The predicted octanol–water partition coefficient (Wildman–Crippen LogP) is 3.58. The van der Waals surface area contributed by atoms with E-state index >= 15 is 0 Å². The molecule has 0 amide bonds. The van der Waals surface area contributed by atoms with E-state index in [4.69, 9.17) is 18.0 Å². The molecular weight excluding hydrogens is 272 g/mol. The standard InChI is InChI=1S/C15H18N2S2/c1-11(14-4-3-9-19-14)17(2)10-12-5-7-13(8-6-12)15(16)18/h3-9,11H,10H2,1-2H3,(H2,16,18). The van der Waals surface area contributed by atoms with Crippen LogP contribution in [-0.4, -0.2) is 16.9 Å². The van der Waals surface area contributed by atoms with Gasteiger partial charge in [0.25, 0.3) is 0 Å². The second kappa shape index (κ2) is 6.28. The fourth-order valence-electron chi connectivity index (χ4n) is 1.95. The van der Waals surface area contributed by atoms with Crippen LogP contribution in [0.4, 0.5) is 0 Å². The highest BCUT2D eigenvalue weighted by atomic mass is 32.1. The lowest BCUT2D eigenvalue weighted by Crippen LogP contribution is -2.21. The lowest BCUT2D eigenvalue weighted by Gasteiger charge is -2.23. The molecule has 100 valence electrons. The SMILES string of the molecule is CC(c1cccs1)N(C)Cc1ccc(C(N)=S)cc1. The molecule has 1 heterocycles. The first-order valence-electron chi connectivity index (χ1n) is 6.20. The van der Waals surface area contributed by atoms with Crippen LogP contribution in [0.3, 0.4) is 0 Å². The van der Waals surface area contributed by atoms with Gasteiger partial charge in [-0.25, -0.2) is 0 Å². The summed E-state index contributed by atoms with van der Waals surface area (Å²) in [7, 11) is 2.14. The van der Waals surface area contributed by atoms with Crippen LogP contribution >= 0.6 is 23.6 Å². The first-order chi connectivity index (χ1) is 9.08. The molecule has 0 aliphatic heterocycles. The smallest absolute Gasteiger partial charge is 0.103 e. The van der Waals surface area contributed by atoms with Crippen molar-refractivity contribution in [3.8, 4) is 0 Å². The van der Waals surface area contributed by atoms with E-state index in [1.807, 2.05) is 12.1 Å². The predicted molar refractivity (Wildman–Crippen MR) is 86.5 cm³/mol. The van der Waals surface area contributed by atoms with E-state index < -0.39 is 0 Å². The van der Waals surface area contributed by atoms with Crippen molar-refractivity contribution in [2.24, 2.45) is 5.73 Å². The summed E-state index contributed by atoms with van der Waals surface area (Å²) in [6.45, 7) is 3.14. The van der Waals surface area contributed by atoms with E-state index in [9.17, 15) is 0 Å². The van der Waals surface area contributed by atoms with Crippen molar-refractivity contribution in [2.75, 3.05) is 7.05 Å². The third kappa shape index (κ3) is 3.62. The highest BCUT2D eigenvalue weighted by molar-refractivity contribution is 7.80. The molecule has 2 nitrogen and oxygen atoms in total. The van der Waals surface area contributed by atoms with Gasteiger partial charge >= 0.3 is 0 Å². The fourth-order valence-corrected chi connectivity index (χ4v) is 2.93. The summed E-state index contributed by atoms with van der Waals surface area (Å²) in [5.41, 5.74) is 7.79. The average molecular weight is 290 g/mol. The maximum atomic E-state index is 5.60. The Balaban J connectivity index is 2.02. The minimum Gasteiger partial charge on any atom is -0.389 e. The summed E-state index contributed by atoms with van der Waals surface area (Å²) in [6, 6.07) is 12.9. The van der Waals surface area contributed by atoms with Crippen molar-refractivity contribution in [2.45, 2.75) is 19.5 Å². The molecule has 0 aliphatic rings. The van der Waals surface area contributed by atoms with E-state index in [2.05, 4.69) is 48.5 Å². The molecule has 0 saturated heterocycles. The Kier molecular flexibility index (Phi) is 4.69. The van der Waals surface area contributed by atoms with Crippen LogP contribution in [0.1, 0.15) is 29.0 Å². The third-order valence-electron chi connectivity index (χ3n) is 3.29. The van der Waals surface area contributed by atoms with Crippen molar-refractivity contribution in [1.29, 1.82) is 0 Å². The van der Waals surface area contributed by atoms with Gasteiger partial charge in [0.05, 0.1) is 0 Å². The molecular formula is C15H18N2S2. The Bertz CT molecular complexity index is 532. The Morgan fingerprint density at radius 1 is 1.32 bits per heavy atom. The summed E-state index contributed by atoms with van der Waals surface area (Å²) >= 11 is 6.76. The van der Waals surface area contributed by atoms with Gasteiger partial charge in [0.1, 0.15) is 4.99 Å². The van der Waals surface area contributed by atoms with Crippen LogP contribution in [0.15, 0.2) is 41.8 Å². The highest BCUT2D eigenvalue weighted by Crippen LogP contribution is 2.24. The quantitative estimate of drug-likeness (QED) is 0.854. The number of nitrogens with two attached hydrogens (primary N) is 1. The molecule has 1 unspecified atom stereocenters. The molecule has 2 N–H and O–H groups in total. The Hall–Kier alpha value is -1.23. The molecule has 0 saturated carbocycles. The fraction of sp³-hybridized carbons (Fsp3) is 0.267. The molecule has 4 heteroatoms. The number of nitrogens with zero attached hydrogens (tertiary/aromatic N) is 1. The lowest BCUT2D eigenvalue weighted by molar-refractivity contribution is 0.256. The average Bonchev–Trinajstić information content (AvgIpc) is 2.92. The van der Waals surface area contributed by atoms with Crippen molar-refractivity contribution in [3.63, 3.8) is 0 Å². The van der Waals surface area contributed by atoms with E-state index in [1.54, 1.807) is 11.3 Å². The van der Waals surface area contributed by atoms with Crippen molar-refractivity contribution < 1.29 is 0 Å². The van der Waals surface area contributed by atoms with Gasteiger partial charge in [0.15, 0.2) is 0 Å². The first kappa shape index (κ1) is 14.2. The van der Waals surface area contributed by atoms with E-state index in [0.717, 1.165) is 12.1 Å². The number of benzene rings is 1. The van der Waals surface area contributed by atoms with Crippen molar-refractivity contribution >= 4 is 28.5 Å². The van der Waals surface area contributed by atoms with Crippen LogP contribution in [0.25, 0.3) is 0 Å². The maximum Gasteiger partial charge on any atom is 0.103 e. The molecule has 1 aromatic heterocycles. The molecule has 0 aliphatic carbocycles. The van der Waals surface area contributed by atoms with E-state index in [0.29, 0.717) is 11.0 Å². The Morgan fingerprint density at radius 2 is 2.00 bits per heavy atom. The number of hydrogen-bond acceptors (Lipinski definition) is 3. The second-order valence-corrected chi connectivity index (χ2v) is 6.09. The minimum atomic E-state index is 0.426. The van der Waals surface area contributed by atoms with Crippen LogP contribution in [0.5, 0.6) is 0 Å². The van der Waals surface area contributed by atoms with Gasteiger partial charge in [0.2, 0.25) is 0 Å². The molecule has 1 aromatic carbocycles. The Morgan fingerprint density at radius 3 is 2.53 bits per heavy atom. The van der Waals surface area contributed by atoms with Crippen LogP contribution in [0.2, 0.25) is 0 Å². The molecule has 1 atom stereocenters. The van der Waals surface area contributed by atoms with Gasteiger partial charge in [-0.3, -0.25) is 4.90 Å². The minimum absolute atomic E-state index is 0.426. The van der Waals surface area contributed by atoms with Gasteiger partial charge in [-0.15, -0.1) is 11.3 Å². The van der Waals surface area contributed by atoms with Gasteiger partial charge < -0.3 is 5.73 Å². The third-order valence-corrected chi connectivity index (χ3v) is 4.56. The second-order valence-electron chi connectivity index (χ2n) is 4.67. The number of rotatable bonds is 5. The lowest BCUT2D eigenvalue weighted by atomic mass is 10.1. The topological polar surface area (TPSA) is 29.3 Å². The molecule has 0 fully saturated rings. The maximum absolute atomic E-state index is 5.60. The zero-order chi connectivity index (χ0) is 13.8. The summed E-state index contributed by atoms with van der Waals surface area (Å²) in [5.74, 6) is 0. The number of thiophene rings is 1. The molecule has 0 bridgehead atoms. The molecule has 0 radical (unpaired) electrons. The van der Waals surface area contributed by atoms with Gasteiger partial charge in [-0.2, -0.15) is 0 Å². The molecule has 0 spiro atoms. The normalized spacial score (nSPS) is 12.6. The highest BCUT2D eigenvalue weighted by Gasteiger charge is 2.12. The zero-order valence-electron chi connectivity index (χ0n) is 11.2. The van der Waals surface area contributed by atoms with Gasteiger partial charge in [-0.1, -0.05) is 42.5 Å². The first-order valence-corrected chi connectivity index (χ1v) is 7.49. The van der Waals surface area contributed by atoms with Crippen LogP contribution in [0, 0.1) is 0 Å². The Labute approximate surface area is 123 Å². The van der Waals surface area contributed by atoms with Gasteiger partial charge in [0, 0.05) is 23.0 Å². The number of thiocarbonyl (C=S) groups is 1. The van der Waals surface area contributed by atoms with Crippen LogP contribution in [-0.2, 0) is 6.54 Å².